The molecule has 0 radical (unpaired) electrons. The van der Waals surface area contributed by atoms with E-state index in [0.29, 0.717) is 0 Å². The lowest BCUT2D eigenvalue weighted by Crippen LogP contribution is -2.54. The summed E-state index contributed by atoms with van der Waals surface area (Å²) in [6.07, 6.45) is -2.46. The fourth-order valence-corrected chi connectivity index (χ4v) is 4.51. The van der Waals surface area contributed by atoms with Gasteiger partial charge >= 0.3 is 12.3 Å². The van der Waals surface area contributed by atoms with Crippen LogP contribution >= 0.6 is 0 Å². The van der Waals surface area contributed by atoms with E-state index in [0.717, 1.165) is 16.7 Å². The first-order chi connectivity index (χ1) is 16.9. The molecule has 0 aliphatic heterocycles. The summed E-state index contributed by atoms with van der Waals surface area (Å²) in [6.45, 7) is 0.283. The van der Waals surface area contributed by atoms with Crippen molar-refractivity contribution in [2.45, 2.75) is 63.8 Å². The fourth-order valence-electron chi connectivity index (χ4n) is 4.51. The van der Waals surface area contributed by atoms with Gasteiger partial charge in [-0.2, -0.15) is 8.78 Å². The van der Waals surface area contributed by atoms with Gasteiger partial charge in [0.1, 0.15) is 17.7 Å². The Morgan fingerprint density at radius 1 is 1.19 bits per heavy atom. The lowest BCUT2D eigenvalue weighted by molar-refractivity contribution is -0.141. The Balaban J connectivity index is 1.79. The largest absolute Gasteiger partial charge is 0.435 e. The summed E-state index contributed by atoms with van der Waals surface area (Å²) in [7, 11) is 0. The molecule has 1 aromatic heterocycles. The monoisotopic (exact) mass is 513 g/mol. The van der Waals surface area contributed by atoms with Gasteiger partial charge in [0.05, 0.1) is 28.3 Å². The molecule has 4 rings (SSSR count). The average molecular weight is 513 g/mol. The summed E-state index contributed by atoms with van der Waals surface area (Å²) in [6, 6.07) is 5.67. The molecule has 0 spiro atoms. The van der Waals surface area contributed by atoms with E-state index >= 15 is 4.39 Å². The Morgan fingerprint density at radius 2 is 1.92 bits per heavy atom. The molecule has 1 saturated carbocycles. The number of nitrogens with one attached hydrogen (secondary N) is 1. The quantitative estimate of drug-likeness (QED) is 0.479. The van der Waals surface area contributed by atoms with Crippen LogP contribution in [0.5, 0.6) is 5.75 Å². The van der Waals surface area contributed by atoms with Crippen molar-refractivity contribution < 1.29 is 36.6 Å². The van der Waals surface area contributed by atoms with Gasteiger partial charge in [0.2, 0.25) is 0 Å². The summed E-state index contributed by atoms with van der Waals surface area (Å²) in [5.41, 5.74) is -0.762. The van der Waals surface area contributed by atoms with Crippen molar-refractivity contribution in [1.29, 1.82) is 0 Å². The number of rotatable bonds is 6. The highest BCUT2D eigenvalue weighted by Gasteiger charge is 2.46. The molecule has 2 aromatic carbocycles. The molecule has 1 aliphatic carbocycles. The molecular formula is C24H24F5N3O4. The van der Waals surface area contributed by atoms with Crippen LogP contribution in [0.15, 0.2) is 41.2 Å². The van der Waals surface area contributed by atoms with Crippen molar-refractivity contribution in [2.75, 3.05) is 0 Å². The van der Waals surface area contributed by atoms with E-state index in [-0.39, 0.29) is 35.3 Å². The minimum atomic E-state index is -3.38. The summed E-state index contributed by atoms with van der Waals surface area (Å²) < 4.78 is 75.0. The molecule has 3 aromatic rings. The molecule has 194 valence electrons. The molecule has 1 aliphatic rings. The number of alkyl halides is 4. The van der Waals surface area contributed by atoms with Crippen LogP contribution in [0.2, 0.25) is 0 Å². The van der Waals surface area contributed by atoms with Crippen molar-refractivity contribution in [2.24, 2.45) is 0 Å². The summed E-state index contributed by atoms with van der Waals surface area (Å²) in [4.78, 5) is 26.1. The highest BCUT2D eigenvalue weighted by molar-refractivity contribution is 5.98. The number of carbonyl (C=O) groups excluding carboxylic acids is 1. The number of nitrogens with zero attached hydrogens (tertiary/aromatic N) is 2. The van der Waals surface area contributed by atoms with E-state index in [4.69, 9.17) is 0 Å². The molecule has 2 N–H and O–H groups in total. The second-order valence-electron chi connectivity index (χ2n) is 8.96. The number of aliphatic hydroxyl groups is 1. The van der Waals surface area contributed by atoms with Crippen molar-refractivity contribution >= 4 is 16.9 Å². The first-order valence-corrected chi connectivity index (χ1v) is 11.3. The Morgan fingerprint density at radius 3 is 2.58 bits per heavy atom. The third kappa shape index (κ3) is 4.69. The minimum absolute atomic E-state index is 0.0566. The van der Waals surface area contributed by atoms with E-state index in [9.17, 15) is 32.3 Å². The van der Waals surface area contributed by atoms with Crippen LogP contribution in [0.4, 0.5) is 22.0 Å². The normalized spacial score (nSPS) is 19.7. The van der Waals surface area contributed by atoms with Crippen LogP contribution in [0.1, 0.15) is 49.5 Å². The molecule has 1 amide bonds. The van der Waals surface area contributed by atoms with Crippen LogP contribution in [0.25, 0.3) is 16.7 Å². The summed E-state index contributed by atoms with van der Waals surface area (Å²) in [5.74, 6) is -5.64. The van der Waals surface area contributed by atoms with Gasteiger partial charge in [-0.1, -0.05) is 6.07 Å². The zero-order valence-electron chi connectivity index (χ0n) is 19.4. The number of aliphatic hydroxyl groups excluding tert-OH is 1. The highest BCUT2D eigenvalue weighted by Crippen LogP contribution is 2.34. The second-order valence-corrected chi connectivity index (χ2v) is 8.96. The first-order valence-electron chi connectivity index (χ1n) is 11.3. The predicted molar refractivity (Wildman–Crippen MR) is 121 cm³/mol. The number of fused-ring (bicyclic) bond motifs is 1. The third-order valence-electron chi connectivity index (χ3n) is 6.18. The number of amides is 1. The number of halogens is 5. The molecule has 36 heavy (non-hydrogen) atoms. The number of aromatic nitrogens is 2. The molecule has 7 nitrogen and oxygen atoms in total. The van der Waals surface area contributed by atoms with Crippen LogP contribution in [0, 0.1) is 5.82 Å². The van der Waals surface area contributed by atoms with Gasteiger partial charge < -0.3 is 15.2 Å². The van der Waals surface area contributed by atoms with E-state index in [1.165, 1.54) is 28.8 Å². The number of carbonyl (C=O) groups is 1. The lowest BCUT2D eigenvalue weighted by Gasteiger charge is -2.34. The van der Waals surface area contributed by atoms with Gasteiger partial charge in [0, 0.05) is 24.6 Å². The molecular weight excluding hydrogens is 489 g/mol. The standard InChI is InChI=1S/C24H24F5N3O4/c1-12(2)31-18-10-15(21(34)30-17-7-4-8-24(28,29)20(17)33)16(25)11-19(18)32(23(31)35)13-5-3-6-14(9-13)36-22(26)27/h3,5-6,9-12,17,20,22,33H,4,7-8H2,1-2H3,(H,30,34)/t17-,20-/m0/s1. The molecule has 2 atom stereocenters. The van der Waals surface area contributed by atoms with Crippen LogP contribution in [-0.4, -0.2) is 44.8 Å². The lowest BCUT2D eigenvalue weighted by atomic mass is 9.89. The maximum atomic E-state index is 15.1. The highest BCUT2D eigenvalue weighted by atomic mass is 19.3. The van der Waals surface area contributed by atoms with Gasteiger partial charge in [-0.3, -0.25) is 13.9 Å². The number of benzene rings is 2. The number of ether oxygens (including phenoxy) is 1. The number of hydrogen-bond donors (Lipinski definition) is 2. The predicted octanol–water partition coefficient (Wildman–Crippen LogP) is 4.39. The zero-order chi connectivity index (χ0) is 26.4. The van der Waals surface area contributed by atoms with Crippen LogP contribution in [-0.2, 0) is 0 Å². The maximum absolute atomic E-state index is 15.1. The third-order valence-corrected chi connectivity index (χ3v) is 6.18. The summed E-state index contributed by atoms with van der Waals surface area (Å²) >= 11 is 0. The smallest absolute Gasteiger partial charge is 0.387 e. The Hall–Kier alpha value is -3.41. The Bertz CT molecular complexity index is 1350. The topological polar surface area (TPSA) is 85.5 Å². The number of imidazole rings is 1. The van der Waals surface area contributed by atoms with Gasteiger partial charge in [-0.25, -0.2) is 18.0 Å². The summed E-state index contributed by atoms with van der Waals surface area (Å²) in [5, 5.41) is 12.2. The van der Waals surface area contributed by atoms with Crippen molar-refractivity contribution in [3.8, 4) is 11.4 Å². The number of hydrogen-bond acceptors (Lipinski definition) is 4. The molecule has 12 heteroatoms. The minimum Gasteiger partial charge on any atom is -0.435 e. The molecule has 0 bridgehead atoms. The van der Waals surface area contributed by atoms with E-state index in [1.807, 2.05) is 0 Å². The fraction of sp³-hybridized carbons (Fsp3) is 0.417. The van der Waals surface area contributed by atoms with Gasteiger partial charge in [0.25, 0.3) is 11.8 Å². The molecule has 1 fully saturated rings. The van der Waals surface area contributed by atoms with Crippen molar-refractivity contribution in [3.05, 3.63) is 58.3 Å². The van der Waals surface area contributed by atoms with Crippen LogP contribution in [0.3, 0.4) is 0 Å². The first kappa shape index (κ1) is 25.7. The van der Waals surface area contributed by atoms with Gasteiger partial charge in [-0.15, -0.1) is 0 Å². The molecule has 1 heterocycles. The van der Waals surface area contributed by atoms with Crippen molar-refractivity contribution in [3.63, 3.8) is 0 Å². The van der Waals surface area contributed by atoms with Gasteiger partial charge in [-0.05, 0) is 44.9 Å². The molecule has 0 unspecified atom stereocenters. The maximum Gasteiger partial charge on any atom is 0.387 e. The SMILES string of the molecule is CC(C)n1c(=O)n(-c2cccc(OC(F)F)c2)c2cc(F)c(C(=O)N[C@H]3CCCC(F)(F)[C@H]3O)cc21. The van der Waals surface area contributed by atoms with E-state index in [1.54, 1.807) is 13.8 Å². The molecule has 0 saturated heterocycles. The second kappa shape index (κ2) is 9.57. The Labute approximate surface area is 202 Å². The van der Waals surface area contributed by atoms with E-state index in [2.05, 4.69) is 10.1 Å². The van der Waals surface area contributed by atoms with Gasteiger partial charge in [0.15, 0.2) is 0 Å². The van der Waals surface area contributed by atoms with Crippen LogP contribution < -0.4 is 15.7 Å². The average Bonchev–Trinajstić information content (AvgIpc) is 3.06. The zero-order valence-corrected chi connectivity index (χ0v) is 19.4. The van der Waals surface area contributed by atoms with E-state index < -0.39 is 60.1 Å². The Kier molecular flexibility index (Phi) is 6.82. The van der Waals surface area contributed by atoms with Crippen molar-refractivity contribution in [1.82, 2.24) is 14.5 Å².